The van der Waals surface area contributed by atoms with E-state index in [1.165, 1.54) is 17.8 Å². The van der Waals surface area contributed by atoms with Crippen molar-refractivity contribution in [3.05, 3.63) is 30.1 Å². The molecule has 0 heterocycles. The number of benzene rings is 1. The molecule has 1 unspecified atom stereocenters. The molecule has 1 aromatic rings. The topological polar surface area (TPSA) is 35.1 Å². The lowest BCUT2D eigenvalue weighted by molar-refractivity contribution is 0.584. The molecule has 1 N–H and O–H groups in total. The Labute approximate surface area is 97.0 Å². The number of thioether (sulfide) groups is 1. The van der Waals surface area contributed by atoms with Crippen molar-refractivity contribution in [3.63, 3.8) is 0 Å². The largest absolute Gasteiger partial charge is 0.598 e. The molecule has 15 heavy (non-hydrogen) atoms. The fraction of sp³-hybridized carbons (Fsp3) is 0.400. The molecule has 0 saturated carbocycles. The average molecular weight is 247 g/mol. The SMILES string of the molecule is CC[S+]([O-])NCCSc1ccccc1F. The number of hydrogen-bond acceptors (Lipinski definition) is 3. The van der Waals surface area contributed by atoms with Crippen LogP contribution in [-0.4, -0.2) is 22.6 Å². The van der Waals surface area contributed by atoms with E-state index in [1.54, 1.807) is 12.1 Å². The molecular formula is C10H14FNOS2. The third-order valence-electron chi connectivity index (χ3n) is 1.72. The van der Waals surface area contributed by atoms with Crippen LogP contribution in [0.5, 0.6) is 0 Å². The molecule has 0 radical (unpaired) electrons. The van der Waals surface area contributed by atoms with Gasteiger partial charge in [-0.05, 0) is 19.1 Å². The summed E-state index contributed by atoms with van der Waals surface area (Å²) in [5.74, 6) is 1.12. The van der Waals surface area contributed by atoms with E-state index in [2.05, 4.69) is 4.72 Å². The summed E-state index contributed by atoms with van der Waals surface area (Å²) in [6.45, 7) is 2.48. The van der Waals surface area contributed by atoms with Crippen LogP contribution in [0.4, 0.5) is 4.39 Å². The zero-order valence-electron chi connectivity index (χ0n) is 8.53. The molecule has 0 saturated heterocycles. The highest BCUT2D eigenvalue weighted by Crippen LogP contribution is 2.20. The zero-order valence-corrected chi connectivity index (χ0v) is 10.2. The van der Waals surface area contributed by atoms with Gasteiger partial charge in [-0.25, -0.2) is 4.39 Å². The van der Waals surface area contributed by atoms with Crippen LogP contribution < -0.4 is 4.72 Å². The minimum absolute atomic E-state index is 0.195. The Morgan fingerprint density at radius 1 is 1.47 bits per heavy atom. The standard InChI is InChI=1S/C10H14FNOS2/c1-2-15(13)12-7-8-14-10-6-4-3-5-9(10)11/h3-6,12H,2,7-8H2,1H3. The van der Waals surface area contributed by atoms with Gasteiger partial charge in [0.2, 0.25) is 0 Å². The van der Waals surface area contributed by atoms with Crippen LogP contribution in [0.1, 0.15) is 6.92 Å². The van der Waals surface area contributed by atoms with Gasteiger partial charge in [0.15, 0.2) is 0 Å². The maximum Gasteiger partial charge on any atom is 0.136 e. The van der Waals surface area contributed by atoms with E-state index < -0.39 is 11.4 Å². The molecule has 0 aliphatic heterocycles. The van der Waals surface area contributed by atoms with Crippen LogP contribution in [0, 0.1) is 5.82 Å². The molecule has 0 aliphatic carbocycles. The van der Waals surface area contributed by atoms with E-state index in [4.69, 9.17) is 0 Å². The second-order valence-corrected chi connectivity index (χ2v) is 5.50. The summed E-state index contributed by atoms with van der Waals surface area (Å²) in [6, 6.07) is 6.67. The van der Waals surface area contributed by atoms with E-state index in [9.17, 15) is 8.94 Å². The number of halogens is 1. The lowest BCUT2D eigenvalue weighted by Gasteiger charge is -2.08. The Kier molecular flexibility index (Phi) is 6.09. The maximum absolute atomic E-state index is 13.1. The monoisotopic (exact) mass is 247 g/mol. The maximum atomic E-state index is 13.1. The Hall–Kier alpha value is -0.230. The van der Waals surface area contributed by atoms with Crippen molar-refractivity contribution in [3.8, 4) is 0 Å². The molecule has 0 bridgehead atoms. The van der Waals surface area contributed by atoms with E-state index >= 15 is 0 Å². The predicted octanol–water partition coefficient (Wildman–Crippen LogP) is 2.19. The summed E-state index contributed by atoms with van der Waals surface area (Å²) in [4.78, 5) is 0.640. The van der Waals surface area contributed by atoms with Gasteiger partial charge in [0.05, 0.1) is 6.54 Å². The Morgan fingerprint density at radius 2 is 2.20 bits per heavy atom. The first-order chi connectivity index (χ1) is 7.24. The Balaban J connectivity index is 2.23. The van der Waals surface area contributed by atoms with Gasteiger partial charge in [0.25, 0.3) is 0 Å². The van der Waals surface area contributed by atoms with E-state index in [0.717, 1.165) is 0 Å². The van der Waals surface area contributed by atoms with Gasteiger partial charge in [-0.2, -0.15) is 0 Å². The number of hydrogen-bond donors (Lipinski definition) is 1. The van der Waals surface area contributed by atoms with Crippen molar-refractivity contribution in [2.24, 2.45) is 0 Å². The van der Waals surface area contributed by atoms with Gasteiger partial charge in [-0.3, -0.25) is 0 Å². The number of nitrogens with one attached hydrogen (secondary N) is 1. The molecule has 1 aromatic carbocycles. The van der Waals surface area contributed by atoms with Crippen molar-refractivity contribution < 1.29 is 8.94 Å². The highest BCUT2D eigenvalue weighted by molar-refractivity contribution is 7.99. The van der Waals surface area contributed by atoms with Crippen LogP contribution in [0.15, 0.2) is 29.2 Å². The summed E-state index contributed by atoms with van der Waals surface area (Å²) >= 11 is 0.480. The predicted molar refractivity (Wildman–Crippen MR) is 63.8 cm³/mol. The van der Waals surface area contributed by atoms with Crippen LogP contribution in [0.2, 0.25) is 0 Å². The minimum Gasteiger partial charge on any atom is -0.598 e. The summed E-state index contributed by atoms with van der Waals surface area (Å²) in [5.41, 5.74) is 0. The molecule has 0 aliphatic rings. The normalized spacial score (nSPS) is 12.7. The van der Waals surface area contributed by atoms with Gasteiger partial charge in [0.1, 0.15) is 11.6 Å². The third-order valence-corrected chi connectivity index (χ3v) is 3.82. The molecule has 5 heteroatoms. The van der Waals surface area contributed by atoms with Gasteiger partial charge < -0.3 is 4.55 Å². The van der Waals surface area contributed by atoms with Crippen LogP contribution in [0.25, 0.3) is 0 Å². The molecule has 1 rings (SSSR count). The Morgan fingerprint density at radius 3 is 2.87 bits per heavy atom. The van der Waals surface area contributed by atoms with Crippen molar-refractivity contribution >= 4 is 23.1 Å². The first-order valence-corrected chi connectivity index (χ1v) is 7.03. The molecule has 84 valence electrons. The quantitative estimate of drug-likeness (QED) is 0.475. The summed E-state index contributed by atoms with van der Waals surface area (Å²) in [5, 5.41) is 0. The van der Waals surface area contributed by atoms with Crippen molar-refractivity contribution in [1.29, 1.82) is 0 Å². The van der Waals surface area contributed by atoms with Gasteiger partial charge in [-0.1, -0.05) is 12.1 Å². The van der Waals surface area contributed by atoms with Crippen LogP contribution in [-0.2, 0) is 11.4 Å². The van der Waals surface area contributed by atoms with Gasteiger partial charge >= 0.3 is 0 Å². The second kappa shape index (κ2) is 7.11. The van der Waals surface area contributed by atoms with Crippen molar-refractivity contribution in [1.82, 2.24) is 4.72 Å². The van der Waals surface area contributed by atoms with Crippen molar-refractivity contribution in [2.45, 2.75) is 11.8 Å². The van der Waals surface area contributed by atoms with Crippen LogP contribution >= 0.6 is 11.8 Å². The molecular weight excluding hydrogens is 233 g/mol. The van der Waals surface area contributed by atoms with Crippen LogP contribution in [0.3, 0.4) is 0 Å². The highest BCUT2D eigenvalue weighted by Gasteiger charge is 2.03. The van der Waals surface area contributed by atoms with Crippen molar-refractivity contribution in [2.75, 3.05) is 18.1 Å². The molecule has 1 atom stereocenters. The summed E-state index contributed by atoms with van der Waals surface area (Å²) in [7, 11) is 0. The molecule has 0 fully saturated rings. The highest BCUT2D eigenvalue weighted by atomic mass is 32.2. The summed E-state index contributed by atoms with van der Waals surface area (Å²) < 4.78 is 27.0. The lowest BCUT2D eigenvalue weighted by atomic mass is 10.3. The molecule has 0 aromatic heterocycles. The molecule has 0 amide bonds. The van der Waals surface area contributed by atoms with E-state index in [0.29, 0.717) is 22.9 Å². The van der Waals surface area contributed by atoms with E-state index in [1.807, 2.05) is 13.0 Å². The van der Waals surface area contributed by atoms with Gasteiger partial charge in [-0.15, -0.1) is 16.5 Å². The third kappa shape index (κ3) is 4.88. The minimum atomic E-state index is -0.947. The number of rotatable bonds is 6. The first kappa shape index (κ1) is 12.8. The zero-order chi connectivity index (χ0) is 11.1. The second-order valence-electron chi connectivity index (χ2n) is 2.81. The molecule has 0 spiro atoms. The summed E-state index contributed by atoms with van der Waals surface area (Å²) in [6.07, 6.45) is 0. The fourth-order valence-corrected chi connectivity index (χ4v) is 2.45. The fourth-order valence-electron chi connectivity index (χ4n) is 0.980. The van der Waals surface area contributed by atoms with Gasteiger partial charge in [0, 0.05) is 22.0 Å². The lowest BCUT2D eigenvalue weighted by Crippen LogP contribution is -2.27. The average Bonchev–Trinajstić information content (AvgIpc) is 2.26. The molecule has 2 nitrogen and oxygen atoms in total. The Bertz CT molecular complexity index is 299. The van der Waals surface area contributed by atoms with E-state index in [-0.39, 0.29) is 5.82 Å². The first-order valence-electron chi connectivity index (χ1n) is 4.73. The smallest absolute Gasteiger partial charge is 0.136 e.